The predicted molar refractivity (Wildman–Crippen MR) is 140 cm³/mol. The Kier molecular flexibility index (Phi) is 7.31. The minimum absolute atomic E-state index is 0.0725. The second kappa shape index (κ2) is 10.4. The van der Waals surface area contributed by atoms with Crippen LogP contribution in [0.1, 0.15) is 26.7 Å². The van der Waals surface area contributed by atoms with Gasteiger partial charge in [-0.25, -0.2) is 4.68 Å². The smallest absolute Gasteiger partial charge is 0.312 e. The first-order valence-corrected chi connectivity index (χ1v) is 13.8. The summed E-state index contributed by atoms with van der Waals surface area (Å²) in [6, 6.07) is 5.77. The maximum atomic E-state index is 14.5. The number of fused-ring (bicyclic) bond motifs is 2. The maximum absolute atomic E-state index is 14.5. The molecule has 3 aliphatic rings. The largest absolute Gasteiger partial charge is 0.466 e. The highest BCUT2D eigenvalue weighted by Gasteiger charge is 2.77. The number of benzene rings is 1. The molecule has 4 heterocycles. The van der Waals surface area contributed by atoms with Crippen molar-refractivity contribution in [1.29, 1.82) is 0 Å². The Morgan fingerprint density at radius 2 is 2.16 bits per heavy atom. The van der Waals surface area contributed by atoms with Gasteiger partial charge in [-0.15, -0.1) is 11.7 Å². The van der Waals surface area contributed by atoms with E-state index in [0.717, 1.165) is 5.52 Å². The molecule has 1 unspecified atom stereocenters. The summed E-state index contributed by atoms with van der Waals surface area (Å²) >= 11 is 3.64. The zero-order valence-electron chi connectivity index (χ0n) is 21.4. The first-order chi connectivity index (χ1) is 18.3. The Balaban J connectivity index is 1.57. The highest BCUT2D eigenvalue weighted by molar-refractivity contribution is 9.09. The zero-order valence-corrected chi connectivity index (χ0v) is 23.0. The van der Waals surface area contributed by atoms with E-state index >= 15 is 0 Å². The molecule has 1 N–H and O–H groups in total. The molecule has 2 amide bonds. The molecule has 204 valence electrons. The van der Waals surface area contributed by atoms with Crippen LogP contribution in [0.15, 0.2) is 36.9 Å². The van der Waals surface area contributed by atoms with Crippen molar-refractivity contribution in [3.8, 4) is 0 Å². The Morgan fingerprint density at radius 1 is 1.39 bits per heavy atom. The van der Waals surface area contributed by atoms with Gasteiger partial charge in [0.25, 0.3) is 0 Å². The zero-order chi connectivity index (χ0) is 27.2. The van der Waals surface area contributed by atoms with Crippen molar-refractivity contribution in [2.75, 3.05) is 19.8 Å². The molecule has 2 bridgehead atoms. The number of carbonyl (C=O) groups is 3. The number of para-hydroxylation sites is 1. The number of alkyl halides is 1. The molecule has 11 nitrogen and oxygen atoms in total. The standard InChI is InChI=1S/C26H32BrN5O6/c1-4-11-30(14-31-18-10-8-7-9-17(18)28-29-31)24(35)22-26-12-16(27)21(38-26)19(25(36)37-6-3)20(26)23(34)32(22)15(5-2)13-33/h4,7-10,15-16,19-22,33H,1,5-6,11-14H2,2-3H3/t15-,16?,19+,20-,21+,22+,26-/m0/s1. The van der Waals surface area contributed by atoms with E-state index in [9.17, 15) is 19.5 Å². The molecule has 38 heavy (non-hydrogen) atoms. The van der Waals surface area contributed by atoms with Gasteiger partial charge >= 0.3 is 5.97 Å². The summed E-state index contributed by atoms with van der Waals surface area (Å²) < 4.78 is 13.4. The molecule has 1 aromatic carbocycles. The Bertz CT molecular complexity index is 1250. The molecule has 12 heteroatoms. The van der Waals surface area contributed by atoms with Crippen LogP contribution >= 0.6 is 15.9 Å². The third-order valence-electron chi connectivity index (χ3n) is 7.98. The molecule has 3 fully saturated rings. The van der Waals surface area contributed by atoms with Gasteiger partial charge < -0.3 is 24.4 Å². The van der Waals surface area contributed by atoms with Crippen LogP contribution in [-0.4, -0.2) is 96.1 Å². The highest BCUT2D eigenvalue weighted by atomic mass is 79.9. The molecule has 5 rings (SSSR count). The molecule has 0 saturated carbocycles. The van der Waals surface area contributed by atoms with Gasteiger partial charge in [0.15, 0.2) is 0 Å². The fourth-order valence-corrected chi connectivity index (χ4v) is 7.33. The summed E-state index contributed by atoms with van der Waals surface area (Å²) in [5.74, 6) is -2.97. The van der Waals surface area contributed by atoms with Crippen LogP contribution in [0, 0.1) is 11.8 Å². The number of amides is 2. The lowest BCUT2D eigenvalue weighted by Gasteiger charge is -2.39. The fourth-order valence-electron chi connectivity index (χ4n) is 6.39. The number of halogens is 1. The van der Waals surface area contributed by atoms with Gasteiger partial charge in [0, 0.05) is 11.4 Å². The van der Waals surface area contributed by atoms with Crippen LogP contribution < -0.4 is 0 Å². The Hall–Kier alpha value is -2.83. The third-order valence-corrected chi connectivity index (χ3v) is 8.83. The number of hydrogen-bond acceptors (Lipinski definition) is 8. The minimum atomic E-state index is -1.24. The number of nitrogens with zero attached hydrogens (tertiary/aromatic N) is 5. The fraction of sp³-hybridized carbons (Fsp3) is 0.577. The van der Waals surface area contributed by atoms with E-state index in [1.165, 1.54) is 4.90 Å². The quantitative estimate of drug-likeness (QED) is 0.251. The van der Waals surface area contributed by atoms with Crippen LogP contribution in [0.25, 0.3) is 11.0 Å². The number of aliphatic hydroxyl groups is 1. The van der Waals surface area contributed by atoms with Crippen LogP contribution in [0.4, 0.5) is 0 Å². The third kappa shape index (κ3) is 3.95. The summed E-state index contributed by atoms with van der Waals surface area (Å²) in [7, 11) is 0. The number of rotatable bonds is 10. The summed E-state index contributed by atoms with van der Waals surface area (Å²) in [4.78, 5) is 44.3. The lowest BCUT2D eigenvalue weighted by atomic mass is 9.70. The average Bonchev–Trinajstić information content (AvgIpc) is 3.62. The predicted octanol–water partition coefficient (Wildman–Crippen LogP) is 1.49. The molecule has 3 saturated heterocycles. The number of aliphatic hydroxyl groups excluding tert-OH is 1. The van der Waals surface area contributed by atoms with Crippen molar-refractivity contribution in [3.63, 3.8) is 0 Å². The molecule has 1 spiro atoms. The number of hydrogen-bond donors (Lipinski definition) is 1. The number of aromatic nitrogens is 3. The lowest BCUT2D eigenvalue weighted by Crippen LogP contribution is -2.59. The number of ether oxygens (including phenoxy) is 2. The number of carbonyl (C=O) groups excluding carboxylic acids is 3. The van der Waals surface area contributed by atoms with Gasteiger partial charge in [-0.3, -0.25) is 14.4 Å². The second-order valence-corrected chi connectivity index (χ2v) is 11.2. The first-order valence-electron chi connectivity index (χ1n) is 12.9. The van der Waals surface area contributed by atoms with Crippen molar-refractivity contribution >= 4 is 44.7 Å². The molecular weight excluding hydrogens is 558 g/mol. The Labute approximate surface area is 228 Å². The van der Waals surface area contributed by atoms with E-state index in [2.05, 4.69) is 32.8 Å². The average molecular weight is 590 g/mol. The van der Waals surface area contributed by atoms with Gasteiger partial charge in [0.05, 0.1) is 42.7 Å². The van der Waals surface area contributed by atoms with Crippen molar-refractivity contribution in [2.45, 2.75) is 62.0 Å². The number of esters is 1. The van der Waals surface area contributed by atoms with Crippen LogP contribution in [0.5, 0.6) is 0 Å². The van der Waals surface area contributed by atoms with Gasteiger partial charge in [0.2, 0.25) is 11.8 Å². The van der Waals surface area contributed by atoms with Gasteiger partial charge in [-0.1, -0.05) is 46.3 Å². The molecule has 0 aliphatic carbocycles. The summed E-state index contributed by atoms with van der Waals surface area (Å²) in [5, 5.41) is 18.6. The first kappa shape index (κ1) is 26.8. The van der Waals surface area contributed by atoms with Gasteiger partial charge in [0.1, 0.15) is 23.8 Å². The molecule has 7 atom stereocenters. The lowest BCUT2D eigenvalue weighted by molar-refractivity contribution is -0.156. The topological polar surface area (TPSA) is 127 Å². The van der Waals surface area contributed by atoms with Crippen molar-refractivity contribution in [1.82, 2.24) is 24.8 Å². The van der Waals surface area contributed by atoms with E-state index in [1.807, 2.05) is 31.2 Å². The molecule has 3 aliphatic heterocycles. The van der Waals surface area contributed by atoms with E-state index in [1.54, 1.807) is 22.6 Å². The van der Waals surface area contributed by atoms with E-state index in [-0.39, 0.29) is 43.1 Å². The molecule has 2 aromatic rings. The van der Waals surface area contributed by atoms with Crippen molar-refractivity contribution in [3.05, 3.63) is 36.9 Å². The molecule has 1 aromatic heterocycles. The minimum Gasteiger partial charge on any atom is -0.466 e. The normalized spacial score (nSPS) is 30.5. The molecular formula is C26H32BrN5O6. The maximum Gasteiger partial charge on any atom is 0.312 e. The summed E-state index contributed by atoms with van der Waals surface area (Å²) in [6.07, 6.45) is 1.81. The summed E-state index contributed by atoms with van der Waals surface area (Å²) in [5.41, 5.74) is 0.211. The van der Waals surface area contributed by atoms with Crippen LogP contribution in [0.2, 0.25) is 0 Å². The van der Waals surface area contributed by atoms with Crippen molar-refractivity contribution in [2.24, 2.45) is 11.8 Å². The van der Waals surface area contributed by atoms with E-state index in [0.29, 0.717) is 18.4 Å². The number of likely N-dealkylation sites (tertiary alicyclic amines) is 1. The van der Waals surface area contributed by atoms with Gasteiger partial charge in [-0.2, -0.15) is 0 Å². The van der Waals surface area contributed by atoms with Crippen LogP contribution in [-0.2, 0) is 30.5 Å². The Morgan fingerprint density at radius 3 is 2.84 bits per heavy atom. The monoisotopic (exact) mass is 589 g/mol. The highest BCUT2D eigenvalue weighted by Crippen LogP contribution is 2.60. The van der Waals surface area contributed by atoms with E-state index in [4.69, 9.17) is 9.47 Å². The van der Waals surface area contributed by atoms with Crippen molar-refractivity contribution < 1.29 is 29.0 Å². The van der Waals surface area contributed by atoms with Crippen LogP contribution in [0.3, 0.4) is 0 Å². The SMILES string of the molecule is C=CCN(Cn1nnc2ccccc21)C(=O)[C@H]1N([C@@H](CC)CO)C(=O)[C@@H]2[C@@H](C(=O)OCC)[C@@H]3O[C@@]21CC3Br. The molecule has 0 radical (unpaired) electrons. The summed E-state index contributed by atoms with van der Waals surface area (Å²) in [6.45, 7) is 7.48. The van der Waals surface area contributed by atoms with Gasteiger partial charge in [-0.05, 0) is 31.9 Å². The van der Waals surface area contributed by atoms with E-state index < -0.39 is 41.6 Å². The second-order valence-electron chi connectivity index (χ2n) is 9.97.